The molecule has 5 rings (SSSR count). The van der Waals surface area contributed by atoms with Crippen molar-refractivity contribution in [2.45, 2.75) is 12.6 Å². The number of methoxy groups -OCH3 is 1. The number of benzene rings is 2. The van der Waals surface area contributed by atoms with E-state index in [0.717, 1.165) is 33.0 Å². The van der Waals surface area contributed by atoms with Gasteiger partial charge in [-0.25, -0.2) is 0 Å². The molecule has 1 atom stereocenters. The summed E-state index contributed by atoms with van der Waals surface area (Å²) in [5.74, 6) is 0.770. The predicted molar refractivity (Wildman–Crippen MR) is 113 cm³/mol. The Labute approximate surface area is 172 Å². The number of aromatic nitrogens is 2. The fraction of sp³-hybridized carbons (Fsp3) is 0.130. The van der Waals surface area contributed by atoms with Gasteiger partial charge >= 0.3 is 0 Å². The number of H-pyrrole nitrogens is 1. The Bertz CT molecular complexity index is 1130. The number of amides is 1. The van der Waals surface area contributed by atoms with Crippen LogP contribution in [0, 0.1) is 0 Å². The number of thiophene rings is 1. The number of nitrogens with one attached hydrogen (secondary N) is 1. The normalized spacial score (nSPS) is 15.6. The van der Waals surface area contributed by atoms with Gasteiger partial charge in [0, 0.05) is 22.5 Å². The van der Waals surface area contributed by atoms with Crippen LogP contribution in [-0.2, 0) is 6.54 Å². The molecule has 1 unspecified atom stereocenters. The second-order valence-corrected chi connectivity index (χ2v) is 7.91. The van der Waals surface area contributed by atoms with Crippen LogP contribution in [0.15, 0.2) is 72.1 Å². The molecule has 5 nitrogen and oxygen atoms in total. The number of aromatic amines is 1. The fourth-order valence-corrected chi connectivity index (χ4v) is 4.70. The fourth-order valence-electron chi connectivity index (χ4n) is 3.85. The Morgan fingerprint density at radius 2 is 1.86 bits per heavy atom. The van der Waals surface area contributed by atoms with E-state index in [4.69, 9.17) is 4.74 Å². The van der Waals surface area contributed by atoms with E-state index in [1.165, 1.54) is 0 Å². The van der Waals surface area contributed by atoms with Gasteiger partial charge in [-0.05, 0) is 41.3 Å². The summed E-state index contributed by atoms with van der Waals surface area (Å²) in [6.45, 7) is 0.548. The molecule has 4 aromatic rings. The van der Waals surface area contributed by atoms with Crippen molar-refractivity contribution in [3.8, 4) is 17.0 Å². The van der Waals surface area contributed by atoms with Gasteiger partial charge in [-0.3, -0.25) is 9.89 Å². The summed E-state index contributed by atoms with van der Waals surface area (Å²) in [5, 5.41) is 9.56. The summed E-state index contributed by atoms with van der Waals surface area (Å²) in [5.41, 5.74) is 4.39. The molecule has 6 heteroatoms. The minimum atomic E-state index is -0.159. The summed E-state index contributed by atoms with van der Waals surface area (Å²) in [6, 6.07) is 21.8. The van der Waals surface area contributed by atoms with E-state index in [-0.39, 0.29) is 11.9 Å². The van der Waals surface area contributed by atoms with Crippen LogP contribution in [0.2, 0.25) is 0 Å². The molecule has 0 saturated heterocycles. The molecule has 0 bridgehead atoms. The molecule has 3 heterocycles. The maximum Gasteiger partial charge on any atom is 0.273 e. The van der Waals surface area contributed by atoms with Crippen LogP contribution in [0.1, 0.15) is 32.5 Å². The van der Waals surface area contributed by atoms with Gasteiger partial charge in [-0.1, -0.05) is 36.4 Å². The van der Waals surface area contributed by atoms with Gasteiger partial charge in [-0.15, -0.1) is 11.3 Å². The van der Waals surface area contributed by atoms with E-state index in [2.05, 4.69) is 16.3 Å². The summed E-state index contributed by atoms with van der Waals surface area (Å²) < 4.78 is 5.27. The number of hydrogen-bond acceptors (Lipinski definition) is 4. The summed E-state index contributed by atoms with van der Waals surface area (Å²) in [6.07, 6.45) is 0. The van der Waals surface area contributed by atoms with Gasteiger partial charge in [-0.2, -0.15) is 5.10 Å². The molecule has 0 fully saturated rings. The zero-order valence-electron chi connectivity index (χ0n) is 15.8. The lowest BCUT2D eigenvalue weighted by Crippen LogP contribution is -2.28. The smallest absolute Gasteiger partial charge is 0.273 e. The zero-order chi connectivity index (χ0) is 19.8. The molecular formula is C23H19N3O2S. The lowest BCUT2D eigenvalue weighted by molar-refractivity contribution is 0.0732. The average molecular weight is 401 g/mol. The number of nitrogens with zero attached hydrogens (tertiary/aromatic N) is 2. The average Bonchev–Trinajstić information content (AvgIpc) is 3.49. The van der Waals surface area contributed by atoms with Crippen molar-refractivity contribution >= 4 is 17.2 Å². The number of carbonyl (C=O) groups excluding carboxylic acids is 1. The van der Waals surface area contributed by atoms with Crippen molar-refractivity contribution in [3.63, 3.8) is 0 Å². The van der Waals surface area contributed by atoms with Crippen molar-refractivity contribution in [2.75, 3.05) is 7.11 Å². The molecule has 29 heavy (non-hydrogen) atoms. The number of rotatable bonds is 5. The maximum atomic E-state index is 13.3. The Balaban J connectivity index is 1.61. The molecule has 1 aliphatic heterocycles. The molecule has 2 aromatic heterocycles. The topological polar surface area (TPSA) is 58.2 Å². The SMILES string of the molecule is COc1ccc(-c2n[nH]c3c2C(c2cccs2)N(Cc2ccccc2)C3=O)cc1. The van der Waals surface area contributed by atoms with E-state index in [9.17, 15) is 4.79 Å². The molecule has 1 aliphatic rings. The van der Waals surface area contributed by atoms with Crippen LogP contribution in [0.25, 0.3) is 11.3 Å². The van der Waals surface area contributed by atoms with Gasteiger partial charge < -0.3 is 9.64 Å². The van der Waals surface area contributed by atoms with Gasteiger partial charge in [0.1, 0.15) is 11.4 Å². The molecule has 0 saturated carbocycles. The second kappa shape index (κ2) is 7.22. The molecule has 0 radical (unpaired) electrons. The second-order valence-electron chi connectivity index (χ2n) is 6.93. The highest BCUT2D eigenvalue weighted by Gasteiger charge is 2.42. The van der Waals surface area contributed by atoms with Crippen molar-refractivity contribution in [2.24, 2.45) is 0 Å². The molecule has 2 aromatic carbocycles. The first-order valence-electron chi connectivity index (χ1n) is 9.37. The quantitative estimate of drug-likeness (QED) is 0.518. The van der Waals surface area contributed by atoms with Crippen LogP contribution in [0.3, 0.4) is 0 Å². The van der Waals surface area contributed by atoms with Crippen molar-refractivity contribution in [1.82, 2.24) is 15.1 Å². The molecule has 1 amide bonds. The monoisotopic (exact) mass is 401 g/mol. The first-order valence-corrected chi connectivity index (χ1v) is 10.2. The number of carbonyl (C=O) groups is 1. The van der Waals surface area contributed by atoms with Gasteiger partial charge in [0.05, 0.1) is 18.8 Å². The first kappa shape index (κ1) is 17.7. The van der Waals surface area contributed by atoms with Crippen LogP contribution in [0.4, 0.5) is 0 Å². The lowest BCUT2D eigenvalue weighted by Gasteiger charge is -2.25. The van der Waals surface area contributed by atoms with Gasteiger partial charge in [0.25, 0.3) is 5.91 Å². The molecular weight excluding hydrogens is 382 g/mol. The van der Waals surface area contributed by atoms with Gasteiger partial charge in [0.15, 0.2) is 0 Å². The Morgan fingerprint density at radius 3 is 2.55 bits per heavy atom. The minimum absolute atomic E-state index is 0.0190. The standard InChI is InChI=1S/C23H19N3O2S/c1-28-17-11-9-16(10-12-17)20-19-21(25-24-20)23(27)26(14-15-6-3-2-4-7-15)22(19)18-8-5-13-29-18/h2-13,22H,14H2,1H3,(H,24,25). The Hall–Kier alpha value is -3.38. The highest BCUT2D eigenvalue weighted by Crippen LogP contribution is 2.44. The minimum Gasteiger partial charge on any atom is -0.497 e. The van der Waals surface area contributed by atoms with E-state index in [1.54, 1.807) is 18.4 Å². The summed E-state index contributed by atoms with van der Waals surface area (Å²) in [4.78, 5) is 16.3. The van der Waals surface area contributed by atoms with Crippen molar-refractivity contribution in [3.05, 3.63) is 93.8 Å². The first-order chi connectivity index (χ1) is 14.3. The van der Waals surface area contributed by atoms with Crippen molar-refractivity contribution in [1.29, 1.82) is 0 Å². The Kier molecular flexibility index (Phi) is 4.41. The third-order valence-corrected chi connectivity index (χ3v) is 6.16. The largest absolute Gasteiger partial charge is 0.497 e. The van der Waals surface area contributed by atoms with Crippen LogP contribution in [-0.4, -0.2) is 28.1 Å². The van der Waals surface area contributed by atoms with E-state index >= 15 is 0 Å². The third kappa shape index (κ3) is 3.02. The van der Waals surface area contributed by atoms with Crippen LogP contribution < -0.4 is 4.74 Å². The summed E-state index contributed by atoms with van der Waals surface area (Å²) in [7, 11) is 1.65. The number of ether oxygens (including phenoxy) is 1. The molecule has 1 N–H and O–H groups in total. The van der Waals surface area contributed by atoms with Crippen molar-refractivity contribution < 1.29 is 9.53 Å². The van der Waals surface area contributed by atoms with Gasteiger partial charge in [0.2, 0.25) is 0 Å². The predicted octanol–water partition coefficient (Wildman–Crippen LogP) is 4.89. The highest BCUT2D eigenvalue weighted by molar-refractivity contribution is 7.10. The number of fused-ring (bicyclic) bond motifs is 1. The number of hydrogen-bond donors (Lipinski definition) is 1. The van der Waals surface area contributed by atoms with Crippen LogP contribution in [0.5, 0.6) is 5.75 Å². The van der Waals surface area contributed by atoms with E-state index in [0.29, 0.717) is 12.2 Å². The third-order valence-electron chi connectivity index (χ3n) is 5.24. The molecule has 0 spiro atoms. The zero-order valence-corrected chi connectivity index (χ0v) is 16.6. The van der Waals surface area contributed by atoms with E-state index in [1.807, 2.05) is 70.9 Å². The molecule has 144 valence electrons. The van der Waals surface area contributed by atoms with E-state index < -0.39 is 0 Å². The highest BCUT2D eigenvalue weighted by atomic mass is 32.1. The van der Waals surface area contributed by atoms with Crippen LogP contribution >= 0.6 is 11.3 Å². The Morgan fingerprint density at radius 1 is 1.07 bits per heavy atom. The summed E-state index contributed by atoms with van der Waals surface area (Å²) >= 11 is 1.66. The molecule has 0 aliphatic carbocycles. The lowest BCUT2D eigenvalue weighted by atomic mass is 10.0. The maximum absolute atomic E-state index is 13.3.